The van der Waals surface area contributed by atoms with Gasteiger partial charge in [-0.15, -0.1) is 0 Å². The zero-order chi connectivity index (χ0) is 33.9. The number of aliphatic hydroxyl groups is 1. The predicted molar refractivity (Wildman–Crippen MR) is 162 cm³/mol. The van der Waals surface area contributed by atoms with Gasteiger partial charge < -0.3 is 25.6 Å². The standard InChI is InChI=1S/C33H31F4N5O5/c1-3-46-30-21(14-28(38)43)13-27(42-29(30)19-4-7-22(34)8-5-19)32(45,33(35,36)37)17-41-31(44)20-6-11-24(25-16-39-18(2)15-40-25)26(12-20)47-23-9-10-23/h4-8,11-13,15-16,23,45H,3,9-10,14,17H2,1-2H3,(H2,38,43)(H,41,44)/t32-/m0/s1. The number of aryl methyl sites for hydroxylation is 1. The zero-order valence-corrected chi connectivity index (χ0v) is 25.4. The van der Waals surface area contributed by atoms with Gasteiger partial charge in [-0.05, 0) is 75.2 Å². The van der Waals surface area contributed by atoms with E-state index in [1.54, 1.807) is 32.3 Å². The summed E-state index contributed by atoms with van der Waals surface area (Å²) in [5.74, 6) is -2.19. The molecular formula is C33H31F4N5O5. The van der Waals surface area contributed by atoms with Crippen LogP contribution in [0.1, 0.15) is 47.1 Å². The summed E-state index contributed by atoms with van der Waals surface area (Å²) in [6, 6.07) is 9.87. The van der Waals surface area contributed by atoms with E-state index in [0.29, 0.717) is 22.7 Å². The fraction of sp³-hybridized carbons (Fsp3) is 0.303. The van der Waals surface area contributed by atoms with Crippen LogP contribution in [0.25, 0.3) is 22.5 Å². The Morgan fingerprint density at radius 2 is 1.79 bits per heavy atom. The predicted octanol–water partition coefficient (Wildman–Crippen LogP) is 4.80. The molecule has 1 saturated carbocycles. The Hall–Kier alpha value is -5.11. The molecular weight excluding hydrogens is 622 g/mol. The first kappa shape index (κ1) is 33.3. The number of aromatic nitrogens is 3. The van der Waals surface area contributed by atoms with Crippen molar-refractivity contribution < 1.29 is 41.7 Å². The first-order valence-electron chi connectivity index (χ1n) is 14.7. The number of nitrogens with two attached hydrogens (primary N) is 1. The Balaban J connectivity index is 1.51. The van der Waals surface area contributed by atoms with Gasteiger partial charge in [0.1, 0.15) is 23.0 Å². The number of nitrogens with one attached hydrogen (secondary N) is 1. The zero-order valence-electron chi connectivity index (χ0n) is 25.4. The Labute approximate surface area is 267 Å². The van der Waals surface area contributed by atoms with Crippen LogP contribution < -0.4 is 20.5 Å². The fourth-order valence-corrected chi connectivity index (χ4v) is 4.74. The molecule has 2 amide bonds. The minimum atomic E-state index is -5.36. The molecule has 2 heterocycles. The normalized spacial score (nSPS) is 14.3. The van der Waals surface area contributed by atoms with E-state index in [2.05, 4.69) is 20.3 Å². The maximum atomic E-state index is 14.7. The second-order valence-corrected chi connectivity index (χ2v) is 11.0. The first-order valence-corrected chi connectivity index (χ1v) is 14.7. The summed E-state index contributed by atoms with van der Waals surface area (Å²) in [6.45, 7) is 2.08. The molecule has 1 atom stereocenters. The van der Waals surface area contributed by atoms with Crippen molar-refractivity contribution in [1.29, 1.82) is 0 Å². The Morgan fingerprint density at radius 1 is 1.06 bits per heavy atom. The number of hydrogen-bond donors (Lipinski definition) is 3. The number of amides is 2. The molecule has 246 valence electrons. The van der Waals surface area contributed by atoms with E-state index in [1.165, 1.54) is 24.3 Å². The highest BCUT2D eigenvalue weighted by atomic mass is 19.4. The van der Waals surface area contributed by atoms with Crippen molar-refractivity contribution in [2.45, 2.75) is 51.0 Å². The van der Waals surface area contributed by atoms with Gasteiger partial charge in [0.05, 0.1) is 49.0 Å². The number of ether oxygens (including phenoxy) is 2. The number of carbonyl (C=O) groups excluding carboxylic acids is 2. The molecule has 0 aliphatic heterocycles. The monoisotopic (exact) mass is 653 g/mol. The number of halogens is 4. The van der Waals surface area contributed by atoms with E-state index in [1.807, 2.05) is 0 Å². The summed E-state index contributed by atoms with van der Waals surface area (Å²) in [4.78, 5) is 37.9. The van der Waals surface area contributed by atoms with Gasteiger partial charge in [0, 0.05) is 28.5 Å². The number of carbonyl (C=O) groups is 2. The highest BCUT2D eigenvalue weighted by Gasteiger charge is 2.56. The summed E-state index contributed by atoms with van der Waals surface area (Å²) in [5, 5.41) is 13.4. The molecule has 4 aromatic rings. The van der Waals surface area contributed by atoms with Gasteiger partial charge in [-0.2, -0.15) is 13.2 Å². The maximum absolute atomic E-state index is 14.7. The van der Waals surface area contributed by atoms with Crippen LogP contribution in [0, 0.1) is 12.7 Å². The number of alkyl halides is 3. The second-order valence-electron chi connectivity index (χ2n) is 11.0. The van der Waals surface area contributed by atoms with Crippen LogP contribution in [0.2, 0.25) is 0 Å². The lowest BCUT2D eigenvalue weighted by Gasteiger charge is -2.31. The number of nitrogens with zero attached hydrogens (tertiary/aromatic N) is 3. The lowest BCUT2D eigenvalue weighted by atomic mass is 9.93. The third-order valence-electron chi connectivity index (χ3n) is 7.34. The number of rotatable bonds is 12. The highest BCUT2D eigenvalue weighted by Crippen LogP contribution is 2.42. The molecule has 5 rings (SSSR count). The Kier molecular flexibility index (Phi) is 9.43. The Bertz CT molecular complexity index is 1780. The molecule has 0 radical (unpaired) electrons. The largest absolute Gasteiger partial charge is 0.491 e. The highest BCUT2D eigenvalue weighted by molar-refractivity contribution is 5.95. The van der Waals surface area contributed by atoms with Crippen molar-refractivity contribution in [3.63, 3.8) is 0 Å². The third kappa shape index (κ3) is 7.49. The summed E-state index contributed by atoms with van der Waals surface area (Å²) in [6.07, 6.45) is -1.26. The lowest BCUT2D eigenvalue weighted by Crippen LogP contribution is -2.51. The van der Waals surface area contributed by atoms with Crippen molar-refractivity contribution >= 4 is 11.8 Å². The van der Waals surface area contributed by atoms with Crippen molar-refractivity contribution in [2.75, 3.05) is 13.2 Å². The van der Waals surface area contributed by atoms with Gasteiger partial charge in [-0.25, -0.2) is 9.37 Å². The molecule has 10 nitrogen and oxygen atoms in total. The summed E-state index contributed by atoms with van der Waals surface area (Å²) >= 11 is 0. The molecule has 1 aliphatic rings. The average molecular weight is 654 g/mol. The van der Waals surface area contributed by atoms with Crippen molar-refractivity contribution in [1.82, 2.24) is 20.3 Å². The molecule has 47 heavy (non-hydrogen) atoms. The van der Waals surface area contributed by atoms with E-state index in [-0.39, 0.29) is 40.8 Å². The fourth-order valence-electron chi connectivity index (χ4n) is 4.74. The van der Waals surface area contributed by atoms with E-state index in [9.17, 15) is 32.3 Å². The van der Waals surface area contributed by atoms with Gasteiger partial charge in [0.25, 0.3) is 5.91 Å². The topological polar surface area (TPSA) is 150 Å². The minimum Gasteiger partial charge on any atom is -0.491 e. The van der Waals surface area contributed by atoms with E-state index >= 15 is 0 Å². The average Bonchev–Trinajstić information content (AvgIpc) is 3.84. The van der Waals surface area contributed by atoms with Crippen LogP contribution in [0.3, 0.4) is 0 Å². The maximum Gasteiger partial charge on any atom is 0.424 e. The quantitative estimate of drug-likeness (QED) is 0.185. The van der Waals surface area contributed by atoms with Crippen molar-refractivity contribution in [3.8, 4) is 34.0 Å². The van der Waals surface area contributed by atoms with Gasteiger partial charge in [-0.3, -0.25) is 19.6 Å². The van der Waals surface area contributed by atoms with Gasteiger partial charge >= 0.3 is 6.18 Å². The van der Waals surface area contributed by atoms with Crippen LogP contribution in [0.5, 0.6) is 11.5 Å². The van der Waals surface area contributed by atoms with Crippen LogP contribution in [0.15, 0.2) is 60.9 Å². The van der Waals surface area contributed by atoms with Crippen molar-refractivity contribution in [2.24, 2.45) is 5.73 Å². The molecule has 2 aromatic heterocycles. The molecule has 0 saturated heterocycles. The van der Waals surface area contributed by atoms with E-state index < -0.39 is 48.1 Å². The number of benzene rings is 2. The van der Waals surface area contributed by atoms with Crippen LogP contribution in [0.4, 0.5) is 17.6 Å². The number of pyridine rings is 1. The smallest absolute Gasteiger partial charge is 0.424 e. The molecule has 0 spiro atoms. The van der Waals surface area contributed by atoms with Crippen molar-refractivity contribution in [3.05, 3.63) is 89.3 Å². The van der Waals surface area contributed by atoms with Crippen LogP contribution >= 0.6 is 0 Å². The lowest BCUT2D eigenvalue weighted by molar-refractivity contribution is -0.265. The Morgan fingerprint density at radius 3 is 2.38 bits per heavy atom. The van der Waals surface area contributed by atoms with E-state index in [4.69, 9.17) is 15.2 Å². The van der Waals surface area contributed by atoms with E-state index in [0.717, 1.165) is 31.0 Å². The molecule has 14 heteroatoms. The molecule has 1 fully saturated rings. The van der Waals surface area contributed by atoms with Gasteiger partial charge in [0.2, 0.25) is 11.5 Å². The third-order valence-corrected chi connectivity index (χ3v) is 7.34. The van der Waals surface area contributed by atoms with Crippen LogP contribution in [-0.4, -0.2) is 57.3 Å². The molecule has 0 unspecified atom stereocenters. The summed E-state index contributed by atoms with van der Waals surface area (Å²) < 4.78 is 69.4. The minimum absolute atomic E-state index is 0.0323. The second kappa shape index (κ2) is 13.3. The summed E-state index contributed by atoms with van der Waals surface area (Å²) in [7, 11) is 0. The molecule has 2 aromatic carbocycles. The summed E-state index contributed by atoms with van der Waals surface area (Å²) in [5.41, 5.74) is 2.27. The first-order chi connectivity index (χ1) is 22.3. The number of primary amides is 1. The SMILES string of the molecule is CCOc1c(CC(N)=O)cc([C@@](O)(CNC(=O)c2ccc(-c3cnc(C)cn3)c(OC3CC3)c2)C(F)(F)F)nc1-c1ccc(F)cc1. The van der Waals surface area contributed by atoms with Gasteiger partial charge in [-0.1, -0.05) is 0 Å². The molecule has 1 aliphatic carbocycles. The van der Waals surface area contributed by atoms with Crippen LogP contribution in [-0.2, 0) is 16.8 Å². The molecule has 0 bridgehead atoms. The number of hydrogen-bond acceptors (Lipinski definition) is 8. The molecule has 4 N–H and O–H groups in total. The van der Waals surface area contributed by atoms with Gasteiger partial charge in [0.15, 0.2) is 0 Å².